The molecule has 2 rings (SSSR count). The van der Waals surface area contributed by atoms with Gasteiger partial charge in [0, 0.05) is 13.1 Å². The molecule has 27 heavy (non-hydrogen) atoms. The molecule has 1 aromatic carbocycles. The Morgan fingerprint density at radius 3 is 2.56 bits per heavy atom. The highest BCUT2D eigenvalue weighted by Gasteiger charge is 2.64. The van der Waals surface area contributed by atoms with Gasteiger partial charge in [0.2, 0.25) is 0 Å². The van der Waals surface area contributed by atoms with E-state index in [4.69, 9.17) is 14.6 Å². The minimum Gasteiger partial charge on any atom is -0.493 e. The average Bonchev–Trinajstić information content (AvgIpc) is 3.07. The molecule has 0 saturated carbocycles. The first-order valence-corrected chi connectivity index (χ1v) is 8.16. The molecule has 1 saturated heterocycles. The van der Waals surface area contributed by atoms with Crippen LogP contribution in [0.2, 0.25) is 0 Å². The van der Waals surface area contributed by atoms with Gasteiger partial charge in [-0.1, -0.05) is 18.2 Å². The lowest BCUT2D eigenvalue weighted by Gasteiger charge is -2.27. The largest absolute Gasteiger partial charge is 0.493 e. The van der Waals surface area contributed by atoms with E-state index in [9.17, 15) is 22.8 Å². The fourth-order valence-electron chi connectivity index (χ4n) is 2.88. The number of benzene rings is 1. The van der Waals surface area contributed by atoms with Crippen LogP contribution in [0.15, 0.2) is 24.3 Å². The standard InChI is InChI=1S/C18H20F3NO5/c1-3-4-12-5-6-13(14(9-12)26-2)27-10-15(23)22-8-7-17(11-22,16(24)25)18(19,20)21/h3-6,9H,7-8,10-11H2,1-2H3,(H,24,25)/b4-3+. The Hall–Kier alpha value is -2.71. The summed E-state index contributed by atoms with van der Waals surface area (Å²) < 4.78 is 50.1. The van der Waals surface area contributed by atoms with Crippen LogP contribution in [0.25, 0.3) is 6.08 Å². The van der Waals surface area contributed by atoms with Gasteiger partial charge in [-0.3, -0.25) is 9.59 Å². The van der Waals surface area contributed by atoms with Gasteiger partial charge in [-0.15, -0.1) is 0 Å². The predicted octanol–water partition coefficient (Wildman–Crippen LogP) is 2.97. The van der Waals surface area contributed by atoms with Crippen molar-refractivity contribution in [2.75, 3.05) is 26.8 Å². The van der Waals surface area contributed by atoms with Crippen LogP contribution in [-0.4, -0.2) is 54.9 Å². The van der Waals surface area contributed by atoms with E-state index in [1.54, 1.807) is 18.2 Å². The molecular weight excluding hydrogens is 367 g/mol. The van der Waals surface area contributed by atoms with Crippen molar-refractivity contribution in [2.45, 2.75) is 19.5 Å². The van der Waals surface area contributed by atoms with E-state index in [-0.39, 0.29) is 12.3 Å². The van der Waals surface area contributed by atoms with E-state index in [0.29, 0.717) is 5.75 Å². The molecule has 1 aliphatic heterocycles. The highest BCUT2D eigenvalue weighted by atomic mass is 19.4. The van der Waals surface area contributed by atoms with Crippen molar-refractivity contribution in [3.05, 3.63) is 29.8 Å². The molecule has 1 fully saturated rings. The third-order valence-electron chi connectivity index (χ3n) is 4.47. The SMILES string of the molecule is C/C=C/c1ccc(OCC(=O)N2CCC(C(=O)O)(C(F)(F)F)C2)c(OC)c1. The third kappa shape index (κ3) is 4.17. The number of likely N-dealkylation sites (tertiary alicyclic amines) is 1. The van der Waals surface area contributed by atoms with Crippen molar-refractivity contribution in [2.24, 2.45) is 5.41 Å². The summed E-state index contributed by atoms with van der Waals surface area (Å²) >= 11 is 0. The smallest absolute Gasteiger partial charge is 0.406 e. The van der Waals surface area contributed by atoms with Crippen LogP contribution in [0, 0.1) is 5.41 Å². The number of halogens is 3. The van der Waals surface area contributed by atoms with Crippen LogP contribution in [0.4, 0.5) is 13.2 Å². The van der Waals surface area contributed by atoms with Crippen molar-refractivity contribution < 1.29 is 37.3 Å². The summed E-state index contributed by atoms with van der Waals surface area (Å²) in [4.78, 5) is 24.3. The molecule has 1 atom stereocenters. The van der Waals surface area contributed by atoms with E-state index in [0.717, 1.165) is 10.5 Å². The van der Waals surface area contributed by atoms with Gasteiger partial charge in [0.05, 0.1) is 7.11 Å². The molecule has 0 aromatic heterocycles. The molecule has 0 spiro atoms. The molecule has 0 aliphatic carbocycles. The highest BCUT2D eigenvalue weighted by molar-refractivity contribution is 5.82. The van der Waals surface area contributed by atoms with E-state index < -0.39 is 43.0 Å². The van der Waals surface area contributed by atoms with E-state index in [2.05, 4.69) is 0 Å². The average molecular weight is 387 g/mol. The normalized spacial score (nSPS) is 20.1. The number of rotatable bonds is 6. The highest BCUT2D eigenvalue weighted by Crippen LogP contribution is 2.45. The summed E-state index contributed by atoms with van der Waals surface area (Å²) in [5, 5.41) is 9.03. The number of carbonyl (C=O) groups is 2. The summed E-state index contributed by atoms with van der Waals surface area (Å²) in [6.07, 6.45) is -1.95. The number of hydrogen-bond donors (Lipinski definition) is 1. The predicted molar refractivity (Wildman–Crippen MR) is 90.5 cm³/mol. The van der Waals surface area contributed by atoms with E-state index in [1.807, 2.05) is 19.1 Å². The van der Waals surface area contributed by atoms with Crippen molar-refractivity contribution in [1.29, 1.82) is 0 Å². The van der Waals surface area contributed by atoms with E-state index in [1.165, 1.54) is 7.11 Å². The number of methoxy groups -OCH3 is 1. The first-order chi connectivity index (χ1) is 12.6. The molecular formula is C18H20F3NO5. The van der Waals surface area contributed by atoms with Crippen molar-refractivity contribution in [3.8, 4) is 11.5 Å². The Kier molecular flexibility index (Phi) is 6.02. The molecule has 6 nitrogen and oxygen atoms in total. The molecule has 1 aliphatic rings. The van der Waals surface area contributed by atoms with Crippen molar-refractivity contribution >= 4 is 18.0 Å². The maximum absolute atomic E-state index is 13.2. The first kappa shape index (κ1) is 20.6. The molecule has 1 amide bonds. The fourth-order valence-corrected chi connectivity index (χ4v) is 2.88. The van der Waals surface area contributed by atoms with Gasteiger partial charge >= 0.3 is 12.1 Å². The monoisotopic (exact) mass is 387 g/mol. The second-order valence-corrected chi connectivity index (χ2v) is 6.15. The number of alkyl halides is 3. The van der Waals surface area contributed by atoms with Gasteiger partial charge in [0.25, 0.3) is 5.91 Å². The number of carboxylic acid groups (broad SMARTS) is 1. The van der Waals surface area contributed by atoms with Gasteiger partial charge in [-0.25, -0.2) is 0 Å². The lowest BCUT2D eigenvalue weighted by Crippen LogP contribution is -2.48. The Labute approximate surface area is 154 Å². The molecule has 1 N–H and O–H groups in total. The van der Waals surface area contributed by atoms with Crippen molar-refractivity contribution in [1.82, 2.24) is 4.90 Å². The number of amides is 1. The van der Waals surface area contributed by atoms with E-state index >= 15 is 0 Å². The van der Waals surface area contributed by atoms with Gasteiger partial charge in [0.1, 0.15) is 0 Å². The Bertz CT molecular complexity index is 747. The number of carboxylic acids is 1. The zero-order chi connectivity index (χ0) is 20.2. The molecule has 0 radical (unpaired) electrons. The Morgan fingerprint density at radius 1 is 1.33 bits per heavy atom. The number of ether oxygens (including phenoxy) is 2. The first-order valence-electron chi connectivity index (χ1n) is 8.16. The summed E-state index contributed by atoms with van der Waals surface area (Å²) in [7, 11) is 1.43. The summed E-state index contributed by atoms with van der Waals surface area (Å²) in [5.41, 5.74) is -2.09. The lowest BCUT2D eigenvalue weighted by atomic mass is 9.86. The second-order valence-electron chi connectivity index (χ2n) is 6.15. The number of nitrogens with zero attached hydrogens (tertiary/aromatic N) is 1. The van der Waals surface area contributed by atoms with Crippen LogP contribution in [0.1, 0.15) is 18.9 Å². The third-order valence-corrected chi connectivity index (χ3v) is 4.47. The topological polar surface area (TPSA) is 76.1 Å². The number of allylic oxidation sites excluding steroid dienone is 1. The van der Waals surface area contributed by atoms with Crippen LogP contribution in [0.3, 0.4) is 0 Å². The molecule has 148 valence electrons. The number of hydrogen-bond acceptors (Lipinski definition) is 4. The summed E-state index contributed by atoms with van der Waals surface area (Å²) in [6.45, 7) is 0.105. The van der Waals surface area contributed by atoms with Crippen LogP contribution in [0.5, 0.6) is 11.5 Å². The number of carbonyl (C=O) groups excluding carboxylic acids is 1. The van der Waals surface area contributed by atoms with Crippen LogP contribution in [-0.2, 0) is 9.59 Å². The summed E-state index contributed by atoms with van der Waals surface area (Å²) in [6, 6.07) is 5.01. The van der Waals surface area contributed by atoms with Crippen LogP contribution < -0.4 is 9.47 Å². The molecule has 1 aromatic rings. The lowest BCUT2D eigenvalue weighted by molar-refractivity contribution is -0.227. The maximum atomic E-state index is 13.2. The Balaban J connectivity index is 2.06. The molecule has 0 bridgehead atoms. The molecule has 9 heteroatoms. The zero-order valence-electron chi connectivity index (χ0n) is 14.9. The quantitative estimate of drug-likeness (QED) is 0.812. The Morgan fingerprint density at radius 2 is 2.04 bits per heavy atom. The zero-order valence-corrected chi connectivity index (χ0v) is 14.9. The number of aliphatic carboxylic acids is 1. The van der Waals surface area contributed by atoms with Gasteiger partial charge in [-0.2, -0.15) is 13.2 Å². The molecule has 1 unspecified atom stereocenters. The minimum atomic E-state index is -4.94. The minimum absolute atomic E-state index is 0.263. The van der Waals surface area contributed by atoms with Gasteiger partial charge in [0.15, 0.2) is 23.5 Å². The van der Waals surface area contributed by atoms with Crippen LogP contribution >= 0.6 is 0 Å². The maximum Gasteiger partial charge on any atom is 0.406 e. The summed E-state index contributed by atoms with van der Waals surface area (Å²) in [5.74, 6) is -2.07. The van der Waals surface area contributed by atoms with Gasteiger partial charge in [-0.05, 0) is 31.0 Å². The molecule has 1 heterocycles. The second kappa shape index (κ2) is 7.89. The van der Waals surface area contributed by atoms with Gasteiger partial charge < -0.3 is 19.5 Å². The van der Waals surface area contributed by atoms with Crippen molar-refractivity contribution in [3.63, 3.8) is 0 Å². The fraction of sp³-hybridized carbons (Fsp3) is 0.444.